The van der Waals surface area contributed by atoms with Gasteiger partial charge in [-0.3, -0.25) is 9.67 Å². The average molecular weight is 454 g/mol. The summed E-state index contributed by atoms with van der Waals surface area (Å²) in [5, 5.41) is 10.6. The molecule has 0 aliphatic rings. The Morgan fingerprint density at radius 2 is 2.16 bits per heavy atom. The van der Waals surface area contributed by atoms with Gasteiger partial charge in [-0.05, 0) is 18.6 Å². The molecule has 0 aliphatic carbocycles. The number of nitrogens with zero attached hydrogens (tertiary/aromatic N) is 6. The molecule has 25 heavy (non-hydrogen) atoms. The molecule has 0 saturated heterocycles. The molecule has 0 amide bonds. The van der Waals surface area contributed by atoms with Crippen LogP contribution in [0.4, 0.5) is 0 Å². The minimum absolute atomic E-state index is 0. The van der Waals surface area contributed by atoms with E-state index in [1.807, 2.05) is 19.3 Å². The van der Waals surface area contributed by atoms with E-state index in [0.717, 1.165) is 36.1 Å². The molecule has 3 heterocycles. The molecule has 0 spiro atoms. The van der Waals surface area contributed by atoms with E-state index in [9.17, 15) is 0 Å². The van der Waals surface area contributed by atoms with Gasteiger partial charge in [-0.25, -0.2) is 9.97 Å². The molecule has 134 valence electrons. The van der Waals surface area contributed by atoms with E-state index in [0.29, 0.717) is 6.54 Å². The summed E-state index contributed by atoms with van der Waals surface area (Å²) in [6.07, 6.45) is 6.46. The first-order valence-electron chi connectivity index (χ1n) is 7.88. The fraction of sp³-hybridized carbons (Fsp3) is 0.375. The summed E-state index contributed by atoms with van der Waals surface area (Å²) in [6.45, 7) is 3.40. The number of halogens is 1. The lowest BCUT2D eigenvalue weighted by Gasteiger charge is -2.10. The van der Waals surface area contributed by atoms with Crippen molar-refractivity contribution in [2.45, 2.75) is 19.9 Å². The number of aliphatic imine (C=N–C) groups is 1. The van der Waals surface area contributed by atoms with Crippen molar-refractivity contribution < 1.29 is 0 Å². The van der Waals surface area contributed by atoms with Gasteiger partial charge in [0, 0.05) is 39.5 Å². The van der Waals surface area contributed by atoms with Gasteiger partial charge in [0.05, 0.1) is 12.2 Å². The van der Waals surface area contributed by atoms with Crippen molar-refractivity contribution in [2.24, 2.45) is 12.0 Å². The summed E-state index contributed by atoms with van der Waals surface area (Å²) in [4.78, 5) is 13.1. The zero-order valence-electron chi connectivity index (χ0n) is 14.6. The Morgan fingerprint density at radius 3 is 2.84 bits per heavy atom. The van der Waals surface area contributed by atoms with Crippen LogP contribution in [0.3, 0.4) is 0 Å². The summed E-state index contributed by atoms with van der Waals surface area (Å²) in [5.41, 5.74) is 3.25. The normalized spacial score (nSPS) is 11.4. The Bertz CT molecular complexity index is 851. The number of nitrogens with one attached hydrogen (secondary N) is 2. The lowest BCUT2D eigenvalue weighted by Crippen LogP contribution is -2.38. The maximum Gasteiger partial charge on any atom is 0.191 e. The van der Waals surface area contributed by atoms with Crippen molar-refractivity contribution in [1.82, 2.24) is 34.8 Å². The Kier molecular flexibility index (Phi) is 6.73. The fourth-order valence-electron chi connectivity index (χ4n) is 2.50. The number of fused-ring (bicyclic) bond motifs is 1. The average Bonchev–Trinajstić information content (AvgIpc) is 3.17. The van der Waals surface area contributed by atoms with E-state index < -0.39 is 0 Å². The number of pyridine rings is 1. The van der Waals surface area contributed by atoms with Gasteiger partial charge in [0.2, 0.25) is 0 Å². The highest BCUT2D eigenvalue weighted by atomic mass is 127. The van der Waals surface area contributed by atoms with Gasteiger partial charge in [0.25, 0.3) is 0 Å². The van der Waals surface area contributed by atoms with Crippen molar-refractivity contribution in [3.63, 3.8) is 0 Å². The molecule has 0 saturated carbocycles. The highest BCUT2D eigenvalue weighted by molar-refractivity contribution is 14.0. The predicted molar refractivity (Wildman–Crippen MR) is 108 cm³/mol. The summed E-state index contributed by atoms with van der Waals surface area (Å²) < 4.78 is 3.80. The largest absolute Gasteiger partial charge is 0.356 e. The SMILES string of the molecule is CN=C(NCCc1cn2cccc(C)c2n1)NCc1ncnn1C.I. The highest BCUT2D eigenvalue weighted by Crippen LogP contribution is 2.09. The molecule has 0 fully saturated rings. The molecule has 9 heteroatoms. The van der Waals surface area contributed by atoms with E-state index in [4.69, 9.17) is 0 Å². The lowest BCUT2D eigenvalue weighted by molar-refractivity contribution is 0.672. The van der Waals surface area contributed by atoms with Gasteiger partial charge >= 0.3 is 0 Å². The molecule has 0 atom stereocenters. The first-order valence-corrected chi connectivity index (χ1v) is 7.88. The minimum atomic E-state index is 0. The van der Waals surface area contributed by atoms with Gasteiger partial charge in [-0.2, -0.15) is 5.10 Å². The van der Waals surface area contributed by atoms with Crippen LogP contribution in [0.2, 0.25) is 0 Å². The Labute approximate surface area is 163 Å². The van der Waals surface area contributed by atoms with Crippen LogP contribution in [0.5, 0.6) is 0 Å². The number of aromatic nitrogens is 5. The number of aryl methyl sites for hydroxylation is 2. The smallest absolute Gasteiger partial charge is 0.191 e. The molecular weight excluding hydrogens is 431 g/mol. The molecule has 0 radical (unpaired) electrons. The number of imidazole rings is 1. The molecule has 3 rings (SSSR count). The van der Waals surface area contributed by atoms with E-state index in [1.54, 1.807) is 18.1 Å². The maximum atomic E-state index is 4.67. The third-order valence-electron chi connectivity index (χ3n) is 3.84. The van der Waals surface area contributed by atoms with E-state index >= 15 is 0 Å². The topological polar surface area (TPSA) is 84.4 Å². The van der Waals surface area contributed by atoms with Crippen LogP contribution in [0.1, 0.15) is 17.1 Å². The second-order valence-electron chi connectivity index (χ2n) is 5.56. The maximum absolute atomic E-state index is 4.67. The molecule has 2 N–H and O–H groups in total. The van der Waals surface area contributed by atoms with E-state index in [1.165, 1.54) is 5.56 Å². The lowest BCUT2D eigenvalue weighted by atomic mass is 10.3. The zero-order valence-corrected chi connectivity index (χ0v) is 16.9. The zero-order chi connectivity index (χ0) is 16.9. The Morgan fingerprint density at radius 1 is 1.32 bits per heavy atom. The summed E-state index contributed by atoms with van der Waals surface area (Å²) in [5.74, 6) is 1.59. The molecule has 8 nitrogen and oxygen atoms in total. The quantitative estimate of drug-likeness (QED) is 0.345. The Balaban J connectivity index is 0.00000225. The van der Waals surface area contributed by atoms with Crippen LogP contribution < -0.4 is 10.6 Å². The van der Waals surface area contributed by atoms with Crippen molar-refractivity contribution in [2.75, 3.05) is 13.6 Å². The third-order valence-corrected chi connectivity index (χ3v) is 3.84. The standard InChI is InChI=1S/C16H22N8.HI/c1-12-5-4-8-24-10-13(22-15(12)24)6-7-18-16(17-2)19-9-14-20-11-21-23(14)3;/h4-5,8,10-11H,6-7,9H2,1-3H3,(H2,17,18,19);1H. The van der Waals surface area contributed by atoms with Gasteiger partial charge in [-0.1, -0.05) is 6.07 Å². The number of rotatable bonds is 5. The summed E-state index contributed by atoms with van der Waals surface area (Å²) in [6, 6.07) is 4.10. The van der Waals surface area contributed by atoms with Crippen molar-refractivity contribution in [3.05, 3.63) is 47.9 Å². The van der Waals surface area contributed by atoms with Gasteiger partial charge in [-0.15, -0.1) is 24.0 Å². The monoisotopic (exact) mass is 454 g/mol. The third kappa shape index (κ3) is 4.68. The van der Waals surface area contributed by atoms with E-state index in [2.05, 4.69) is 54.3 Å². The Hall–Kier alpha value is -2.17. The molecule has 0 aliphatic heterocycles. The molecule has 0 unspecified atom stereocenters. The second kappa shape index (κ2) is 8.79. The van der Waals surface area contributed by atoms with E-state index in [-0.39, 0.29) is 24.0 Å². The van der Waals surface area contributed by atoms with Crippen LogP contribution in [-0.4, -0.2) is 43.7 Å². The van der Waals surface area contributed by atoms with Crippen LogP contribution in [-0.2, 0) is 20.0 Å². The predicted octanol–water partition coefficient (Wildman–Crippen LogP) is 1.30. The van der Waals surface area contributed by atoms with Gasteiger partial charge < -0.3 is 15.0 Å². The van der Waals surface area contributed by atoms with Crippen LogP contribution in [0.25, 0.3) is 5.65 Å². The second-order valence-corrected chi connectivity index (χ2v) is 5.56. The highest BCUT2D eigenvalue weighted by Gasteiger charge is 2.05. The first-order chi connectivity index (χ1) is 11.7. The van der Waals surface area contributed by atoms with Crippen molar-refractivity contribution >= 4 is 35.6 Å². The van der Waals surface area contributed by atoms with Crippen molar-refractivity contribution in [1.29, 1.82) is 0 Å². The number of hydrogen-bond donors (Lipinski definition) is 2. The number of hydrogen-bond acceptors (Lipinski definition) is 4. The molecule has 0 bridgehead atoms. The molecule has 0 aromatic carbocycles. The summed E-state index contributed by atoms with van der Waals surface area (Å²) in [7, 11) is 3.62. The minimum Gasteiger partial charge on any atom is -0.356 e. The fourth-order valence-corrected chi connectivity index (χ4v) is 2.50. The molecule has 3 aromatic rings. The number of guanidine groups is 1. The molecule has 3 aromatic heterocycles. The first kappa shape index (κ1) is 19.2. The van der Waals surface area contributed by atoms with Gasteiger partial charge in [0.1, 0.15) is 17.8 Å². The van der Waals surface area contributed by atoms with Gasteiger partial charge in [0.15, 0.2) is 5.96 Å². The van der Waals surface area contributed by atoms with Crippen LogP contribution >= 0.6 is 24.0 Å². The molecular formula is C16H23IN8. The van der Waals surface area contributed by atoms with Crippen LogP contribution in [0, 0.1) is 6.92 Å². The van der Waals surface area contributed by atoms with Crippen molar-refractivity contribution in [3.8, 4) is 0 Å². The summed E-state index contributed by atoms with van der Waals surface area (Å²) >= 11 is 0. The van der Waals surface area contributed by atoms with Crippen LogP contribution in [0.15, 0.2) is 35.8 Å².